The maximum atomic E-state index is 12.5. The number of carbonyl (C=O) groups excluding carboxylic acids is 1. The number of benzene rings is 1. The van der Waals surface area contributed by atoms with Gasteiger partial charge in [-0.3, -0.25) is 4.79 Å². The van der Waals surface area contributed by atoms with Gasteiger partial charge in [0.05, 0.1) is 12.0 Å². The summed E-state index contributed by atoms with van der Waals surface area (Å²) in [6.07, 6.45) is 4.23. The van der Waals surface area contributed by atoms with Gasteiger partial charge in [0.25, 0.3) is 0 Å². The van der Waals surface area contributed by atoms with E-state index in [0.717, 1.165) is 31.2 Å². The summed E-state index contributed by atoms with van der Waals surface area (Å²) in [7, 11) is 3.52. The van der Waals surface area contributed by atoms with Crippen molar-refractivity contribution in [1.29, 1.82) is 0 Å². The van der Waals surface area contributed by atoms with Gasteiger partial charge in [0.2, 0.25) is 0 Å². The predicted molar refractivity (Wildman–Crippen MR) is 123 cm³/mol. The number of carbonyl (C=O) groups is 2. The third kappa shape index (κ3) is 6.03. The molecule has 1 heterocycles. The maximum Gasteiger partial charge on any atom is 0.410 e. The molecule has 1 amide bonds. The molecule has 2 atom stereocenters. The Kier molecular flexibility index (Phi) is 8.30. The van der Waals surface area contributed by atoms with E-state index >= 15 is 0 Å². The van der Waals surface area contributed by atoms with E-state index in [2.05, 4.69) is 10.3 Å². The van der Waals surface area contributed by atoms with Crippen LogP contribution in [0.4, 0.5) is 4.79 Å². The van der Waals surface area contributed by atoms with Crippen LogP contribution in [0.25, 0.3) is 11.3 Å². The largest absolute Gasteiger partial charge is 0.490 e. The SMILES string of the molecule is CCC(CC)N(C)C(=O)OCc1c(-c2ccc(O[C@H]3CCC[C@H](C(=O)O)C3)cc2)nnn1C. The van der Waals surface area contributed by atoms with Crippen molar-refractivity contribution in [2.45, 2.75) is 71.1 Å². The molecule has 3 rings (SSSR count). The van der Waals surface area contributed by atoms with E-state index in [1.807, 2.05) is 38.1 Å². The fraction of sp³-hybridized carbons (Fsp3) is 0.583. The van der Waals surface area contributed by atoms with Crippen molar-refractivity contribution in [3.05, 3.63) is 30.0 Å². The fourth-order valence-corrected chi connectivity index (χ4v) is 4.34. The van der Waals surface area contributed by atoms with Crippen LogP contribution >= 0.6 is 0 Å². The summed E-state index contributed by atoms with van der Waals surface area (Å²) in [6.45, 7) is 4.17. The number of hydrogen-bond acceptors (Lipinski definition) is 6. The molecule has 1 aromatic carbocycles. The molecule has 2 aromatic rings. The van der Waals surface area contributed by atoms with Gasteiger partial charge < -0.3 is 19.5 Å². The van der Waals surface area contributed by atoms with Gasteiger partial charge in [-0.2, -0.15) is 0 Å². The molecule has 0 unspecified atom stereocenters. The minimum atomic E-state index is -0.749. The molecule has 1 N–H and O–H groups in total. The van der Waals surface area contributed by atoms with Crippen LogP contribution in [0.3, 0.4) is 0 Å². The monoisotopic (exact) mass is 458 g/mol. The van der Waals surface area contributed by atoms with Crippen LogP contribution in [0.2, 0.25) is 0 Å². The van der Waals surface area contributed by atoms with Crippen LogP contribution in [-0.2, 0) is 23.2 Å². The Morgan fingerprint density at radius 1 is 1.21 bits per heavy atom. The van der Waals surface area contributed by atoms with Crippen molar-refractivity contribution in [1.82, 2.24) is 19.9 Å². The summed E-state index contributed by atoms with van der Waals surface area (Å²) in [5.74, 6) is -0.393. The average Bonchev–Trinajstić information content (AvgIpc) is 3.19. The van der Waals surface area contributed by atoms with Gasteiger partial charge in [0.1, 0.15) is 23.7 Å². The van der Waals surface area contributed by atoms with Crippen molar-refractivity contribution >= 4 is 12.1 Å². The van der Waals surface area contributed by atoms with Crippen molar-refractivity contribution in [3.8, 4) is 17.0 Å². The quantitative estimate of drug-likeness (QED) is 0.598. The molecule has 33 heavy (non-hydrogen) atoms. The molecular weight excluding hydrogens is 424 g/mol. The number of amides is 1. The molecule has 0 aliphatic heterocycles. The zero-order valence-electron chi connectivity index (χ0n) is 19.9. The second-order valence-corrected chi connectivity index (χ2v) is 8.61. The Balaban J connectivity index is 1.65. The Morgan fingerprint density at radius 3 is 2.55 bits per heavy atom. The van der Waals surface area contributed by atoms with E-state index < -0.39 is 5.97 Å². The highest BCUT2D eigenvalue weighted by atomic mass is 16.6. The minimum absolute atomic E-state index is 0.0685. The first-order valence-electron chi connectivity index (χ1n) is 11.6. The second kappa shape index (κ2) is 11.2. The first kappa shape index (κ1) is 24.5. The van der Waals surface area contributed by atoms with Crippen LogP contribution in [0.1, 0.15) is 58.1 Å². The standard InChI is InChI=1S/C24H34N4O5/c1-5-18(6-2)27(3)24(31)32-15-21-22(25-26-28(21)4)16-10-12-19(13-11-16)33-20-9-7-8-17(14-20)23(29)30/h10-13,17-18,20H,5-9,14-15H2,1-4H3,(H,29,30)/t17-,20-/m0/s1. The molecule has 180 valence electrons. The minimum Gasteiger partial charge on any atom is -0.490 e. The number of aromatic nitrogens is 3. The lowest BCUT2D eigenvalue weighted by Crippen LogP contribution is -2.36. The van der Waals surface area contributed by atoms with E-state index in [1.165, 1.54) is 0 Å². The molecule has 1 aliphatic carbocycles. The van der Waals surface area contributed by atoms with Crippen LogP contribution in [-0.4, -0.2) is 56.3 Å². The van der Waals surface area contributed by atoms with Crippen molar-refractivity contribution < 1.29 is 24.2 Å². The third-order valence-corrected chi connectivity index (χ3v) is 6.46. The molecule has 9 heteroatoms. The van der Waals surface area contributed by atoms with Gasteiger partial charge in [-0.25, -0.2) is 9.48 Å². The highest BCUT2D eigenvalue weighted by Crippen LogP contribution is 2.30. The number of ether oxygens (including phenoxy) is 2. The van der Waals surface area contributed by atoms with Gasteiger partial charge in [0, 0.05) is 25.7 Å². The van der Waals surface area contributed by atoms with Crippen LogP contribution in [0.15, 0.2) is 24.3 Å². The van der Waals surface area contributed by atoms with Crippen LogP contribution in [0, 0.1) is 5.92 Å². The van der Waals surface area contributed by atoms with Crippen molar-refractivity contribution in [2.75, 3.05) is 7.05 Å². The Bertz CT molecular complexity index is 939. The number of carboxylic acid groups (broad SMARTS) is 1. The molecule has 0 saturated heterocycles. The second-order valence-electron chi connectivity index (χ2n) is 8.61. The summed E-state index contributed by atoms with van der Waals surface area (Å²) in [5, 5.41) is 17.6. The molecule has 0 bridgehead atoms. The molecular formula is C24H34N4O5. The molecule has 0 spiro atoms. The molecule has 1 aromatic heterocycles. The van der Waals surface area contributed by atoms with E-state index in [4.69, 9.17) is 9.47 Å². The summed E-state index contributed by atoms with van der Waals surface area (Å²) < 4.78 is 13.2. The van der Waals surface area contributed by atoms with Gasteiger partial charge in [-0.05, 0) is 62.8 Å². The molecule has 1 aliphatic rings. The van der Waals surface area contributed by atoms with Crippen molar-refractivity contribution in [3.63, 3.8) is 0 Å². The zero-order chi connectivity index (χ0) is 24.0. The Morgan fingerprint density at radius 2 is 1.91 bits per heavy atom. The highest BCUT2D eigenvalue weighted by molar-refractivity contribution is 5.70. The number of hydrogen-bond donors (Lipinski definition) is 1. The fourth-order valence-electron chi connectivity index (χ4n) is 4.34. The molecule has 9 nitrogen and oxygen atoms in total. The number of aryl methyl sites for hydroxylation is 1. The average molecular weight is 459 g/mol. The first-order chi connectivity index (χ1) is 15.8. The predicted octanol–water partition coefficient (Wildman–Crippen LogP) is 4.26. The topological polar surface area (TPSA) is 107 Å². The zero-order valence-corrected chi connectivity index (χ0v) is 19.9. The summed E-state index contributed by atoms with van der Waals surface area (Å²) in [4.78, 5) is 25.4. The maximum absolute atomic E-state index is 12.5. The molecule has 0 radical (unpaired) electrons. The van der Waals surface area contributed by atoms with Crippen LogP contribution in [0.5, 0.6) is 5.75 Å². The molecule has 1 fully saturated rings. The number of nitrogens with zero attached hydrogens (tertiary/aromatic N) is 4. The van der Waals surface area contributed by atoms with E-state index in [9.17, 15) is 14.7 Å². The van der Waals surface area contributed by atoms with E-state index in [1.54, 1.807) is 23.7 Å². The Hall–Kier alpha value is -3.10. The van der Waals surface area contributed by atoms with Gasteiger partial charge >= 0.3 is 12.1 Å². The summed E-state index contributed by atoms with van der Waals surface area (Å²) in [5.41, 5.74) is 2.18. The number of aliphatic carboxylic acids is 1. The highest BCUT2D eigenvalue weighted by Gasteiger charge is 2.28. The van der Waals surface area contributed by atoms with E-state index in [-0.39, 0.29) is 30.8 Å². The van der Waals surface area contributed by atoms with Gasteiger partial charge in [-0.15, -0.1) is 5.10 Å². The summed E-state index contributed by atoms with van der Waals surface area (Å²) in [6, 6.07) is 7.62. The third-order valence-electron chi connectivity index (χ3n) is 6.46. The van der Waals surface area contributed by atoms with Crippen molar-refractivity contribution in [2.24, 2.45) is 13.0 Å². The van der Waals surface area contributed by atoms with Gasteiger partial charge in [-0.1, -0.05) is 19.1 Å². The van der Waals surface area contributed by atoms with E-state index in [0.29, 0.717) is 30.0 Å². The number of rotatable bonds is 9. The normalized spacial score (nSPS) is 18.2. The lowest BCUT2D eigenvalue weighted by atomic mass is 9.87. The van der Waals surface area contributed by atoms with Gasteiger partial charge in [0.15, 0.2) is 0 Å². The lowest BCUT2D eigenvalue weighted by Gasteiger charge is -2.27. The smallest absolute Gasteiger partial charge is 0.410 e. The van der Waals surface area contributed by atoms with Crippen LogP contribution < -0.4 is 4.74 Å². The number of carboxylic acids is 1. The summed E-state index contributed by atoms with van der Waals surface area (Å²) >= 11 is 0. The lowest BCUT2D eigenvalue weighted by molar-refractivity contribution is -0.143. The molecule has 1 saturated carbocycles. The Labute approximate surface area is 194 Å². The first-order valence-corrected chi connectivity index (χ1v) is 11.6.